The molecule has 0 bridgehead atoms. The lowest BCUT2D eigenvalue weighted by molar-refractivity contribution is -0.171. The van der Waals surface area contributed by atoms with Crippen molar-refractivity contribution < 1.29 is 9.47 Å². The van der Waals surface area contributed by atoms with Gasteiger partial charge in [-0.15, -0.1) is 0 Å². The fourth-order valence-corrected chi connectivity index (χ4v) is 0.969. The molecule has 1 N–H and O–H groups in total. The van der Waals surface area contributed by atoms with Crippen molar-refractivity contribution in [2.45, 2.75) is 12.8 Å². The molecule has 0 aliphatic heterocycles. The van der Waals surface area contributed by atoms with Gasteiger partial charge in [-0.1, -0.05) is 18.2 Å². The minimum absolute atomic E-state index is 0.763. The summed E-state index contributed by atoms with van der Waals surface area (Å²) in [6, 6.07) is 9.77. The summed E-state index contributed by atoms with van der Waals surface area (Å²) in [5.41, 5.74) is 0.966. The standard InChI is InChI=1S/C10H15NO2/c1-10(12-2,13-3)11-9-7-5-4-6-8-9/h4-8,11H,1-3H3. The molecule has 0 atom stereocenters. The van der Waals surface area contributed by atoms with Gasteiger partial charge < -0.3 is 14.8 Å². The molecule has 13 heavy (non-hydrogen) atoms. The Balaban J connectivity index is 2.68. The van der Waals surface area contributed by atoms with Crippen LogP contribution in [0.1, 0.15) is 6.92 Å². The number of anilines is 1. The largest absolute Gasteiger partial charge is 0.336 e. The van der Waals surface area contributed by atoms with E-state index >= 15 is 0 Å². The van der Waals surface area contributed by atoms with Crippen molar-refractivity contribution in [3.63, 3.8) is 0 Å². The quantitative estimate of drug-likeness (QED) is 0.721. The smallest absolute Gasteiger partial charge is 0.245 e. The zero-order valence-electron chi connectivity index (χ0n) is 8.20. The first kappa shape index (κ1) is 10.0. The van der Waals surface area contributed by atoms with E-state index in [1.54, 1.807) is 14.2 Å². The molecule has 0 saturated carbocycles. The summed E-state index contributed by atoms with van der Waals surface area (Å²) >= 11 is 0. The highest BCUT2D eigenvalue weighted by Gasteiger charge is 2.21. The Morgan fingerprint density at radius 3 is 2.08 bits per heavy atom. The van der Waals surface area contributed by atoms with Gasteiger partial charge in [0, 0.05) is 26.8 Å². The van der Waals surface area contributed by atoms with E-state index in [-0.39, 0.29) is 0 Å². The average molecular weight is 181 g/mol. The molecule has 0 aliphatic carbocycles. The number of hydrogen-bond donors (Lipinski definition) is 1. The Labute approximate surface area is 78.7 Å². The van der Waals surface area contributed by atoms with Gasteiger partial charge in [-0.3, -0.25) is 0 Å². The molecular formula is C10H15NO2. The van der Waals surface area contributed by atoms with Crippen LogP contribution in [0.3, 0.4) is 0 Å². The summed E-state index contributed by atoms with van der Waals surface area (Å²) in [7, 11) is 3.19. The number of para-hydroxylation sites is 1. The Morgan fingerprint density at radius 2 is 1.62 bits per heavy atom. The molecule has 0 fully saturated rings. The van der Waals surface area contributed by atoms with Gasteiger partial charge in [0.2, 0.25) is 5.91 Å². The molecule has 0 amide bonds. The highest BCUT2D eigenvalue weighted by atomic mass is 16.7. The molecule has 1 rings (SSSR count). The lowest BCUT2D eigenvalue weighted by atomic mass is 10.3. The number of hydrogen-bond acceptors (Lipinski definition) is 3. The third kappa shape index (κ3) is 2.72. The Bertz CT molecular complexity index is 244. The molecule has 1 aromatic carbocycles. The topological polar surface area (TPSA) is 30.5 Å². The molecule has 3 nitrogen and oxygen atoms in total. The molecule has 0 aromatic heterocycles. The van der Waals surface area contributed by atoms with Gasteiger partial charge in [0.15, 0.2) is 0 Å². The zero-order valence-corrected chi connectivity index (χ0v) is 8.20. The van der Waals surface area contributed by atoms with E-state index in [4.69, 9.17) is 9.47 Å². The minimum Gasteiger partial charge on any atom is -0.336 e. The van der Waals surface area contributed by atoms with Crippen LogP contribution in [-0.4, -0.2) is 20.1 Å². The number of ether oxygens (including phenoxy) is 2. The molecule has 0 heterocycles. The number of rotatable bonds is 4. The van der Waals surface area contributed by atoms with E-state index in [1.165, 1.54) is 0 Å². The van der Waals surface area contributed by atoms with Crippen molar-refractivity contribution >= 4 is 5.69 Å². The summed E-state index contributed by atoms with van der Waals surface area (Å²) in [5.74, 6) is -0.763. The van der Waals surface area contributed by atoms with Crippen LogP contribution < -0.4 is 5.32 Å². The van der Waals surface area contributed by atoms with Crippen molar-refractivity contribution in [1.29, 1.82) is 0 Å². The first-order valence-corrected chi connectivity index (χ1v) is 4.14. The highest BCUT2D eigenvalue weighted by molar-refractivity contribution is 5.43. The second-order valence-electron chi connectivity index (χ2n) is 2.84. The first-order chi connectivity index (χ1) is 6.20. The Kier molecular flexibility index (Phi) is 3.28. The lowest BCUT2D eigenvalue weighted by Gasteiger charge is -2.28. The summed E-state index contributed by atoms with van der Waals surface area (Å²) in [6.07, 6.45) is 0. The van der Waals surface area contributed by atoms with E-state index in [0.717, 1.165) is 5.69 Å². The van der Waals surface area contributed by atoms with Crippen molar-refractivity contribution in [1.82, 2.24) is 0 Å². The van der Waals surface area contributed by atoms with E-state index in [2.05, 4.69) is 5.32 Å². The van der Waals surface area contributed by atoms with Gasteiger partial charge >= 0.3 is 0 Å². The fourth-order valence-electron chi connectivity index (χ4n) is 0.969. The van der Waals surface area contributed by atoms with Crippen molar-refractivity contribution in [2.75, 3.05) is 19.5 Å². The van der Waals surface area contributed by atoms with Crippen LogP contribution in [-0.2, 0) is 9.47 Å². The first-order valence-electron chi connectivity index (χ1n) is 4.14. The maximum Gasteiger partial charge on any atom is 0.245 e. The van der Waals surface area contributed by atoms with Crippen LogP contribution >= 0.6 is 0 Å². The summed E-state index contributed by atoms with van der Waals surface area (Å²) in [4.78, 5) is 0. The lowest BCUT2D eigenvalue weighted by Crippen LogP contribution is -2.38. The predicted molar refractivity (Wildman–Crippen MR) is 52.5 cm³/mol. The zero-order chi connectivity index (χ0) is 9.73. The molecular weight excluding hydrogens is 166 g/mol. The summed E-state index contributed by atoms with van der Waals surface area (Å²) in [6.45, 7) is 1.82. The SMILES string of the molecule is COC(C)(Nc1ccccc1)OC. The maximum atomic E-state index is 5.16. The predicted octanol–water partition coefficient (Wildman–Crippen LogP) is 2.06. The third-order valence-corrected chi connectivity index (χ3v) is 1.92. The van der Waals surface area contributed by atoms with Crippen LogP contribution in [0.25, 0.3) is 0 Å². The highest BCUT2D eigenvalue weighted by Crippen LogP contribution is 2.15. The second kappa shape index (κ2) is 4.25. The van der Waals surface area contributed by atoms with Crippen molar-refractivity contribution in [3.8, 4) is 0 Å². The van der Waals surface area contributed by atoms with Crippen molar-refractivity contribution in [2.24, 2.45) is 0 Å². The maximum absolute atomic E-state index is 5.16. The van der Waals surface area contributed by atoms with Gasteiger partial charge in [-0.05, 0) is 12.1 Å². The third-order valence-electron chi connectivity index (χ3n) is 1.92. The number of benzene rings is 1. The van der Waals surface area contributed by atoms with Gasteiger partial charge in [-0.25, -0.2) is 0 Å². The molecule has 0 saturated heterocycles. The van der Waals surface area contributed by atoms with Gasteiger partial charge in [0.25, 0.3) is 0 Å². The molecule has 0 unspecified atom stereocenters. The van der Waals surface area contributed by atoms with E-state index in [1.807, 2.05) is 37.3 Å². The molecule has 0 radical (unpaired) electrons. The van der Waals surface area contributed by atoms with Crippen LogP contribution in [0, 0.1) is 0 Å². The van der Waals surface area contributed by atoms with E-state index < -0.39 is 5.91 Å². The number of nitrogens with one attached hydrogen (secondary N) is 1. The number of methoxy groups -OCH3 is 2. The van der Waals surface area contributed by atoms with Gasteiger partial charge in [0.1, 0.15) is 0 Å². The van der Waals surface area contributed by atoms with E-state index in [9.17, 15) is 0 Å². The van der Waals surface area contributed by atoms with Crippen LogP contribution in [0.2, 0.25) is 0 Å². The Morgan fingerprint density at radius 1 is 1.08 bits per heavy atom. The molecule has 3 heteroatoms. The Hall–Kier alpha value is -1.06. The van der Waals surface area contributed by atoms with Crippen LogP contribution in [0.5, 0.6) is 0 Å². The fraction of sp³-hybridized carbons (Fsp3) is 0.400. The minimum atomic E-state index is -0.763. The average Bonchev–Trinajstić information content (AvgIpc) is 2.19. The van der Waals surface area contributed by atoms with Crippen LogP contribution in [0.4, 0.5) is 5.69 Å². The summed E-state index contributed by atoms with van der Waals surface area (Å²) < 4.78 is 10.3. The van der Waals surface area contributed by atoms with Crippen LogP contribution in [0.15, 0.2) is 30.3 Å². The van der Waals surface area contributed by atoms with Crippen molar-refractivity contribution in [3.05, 3.63) is 30.3 Å². The normalized spacial score (nSPS) is 11.3. The van der Waals surface area contributed by atoms with Gasteiger partial charge in [-0.2, -0.15) is 0 Å². The molecule has 1 aromatic rings. The summed E-state index contributed by atoms with van der Waals surface area (Å²) in [5, 5.41) is 3.11. The molecule has 0 spiro atoms. The second-order valence-corrected chi connectivity index (χ2v) is 2.84. The molecule has 72 valence electrons. The van der Waals surface area contributed by atoms with Gasteiger partial charge in [0.05, 0.1) is 0 Å². The van der Waals surface area contributed by atoms with E-state index in [0.29, 0.717) is 0 Å². The monoisotopic (exact) mass is 181 g/mol. The molecule has 0 aliphatic rings.